The molecule has 0 radical (unpaired) electrons. The average Bonchev–Trinajstić information content (AvgIpc) is 2.74. The van der Waals surface area contributed by atoms with Crippen LogP contribution in [0, 0.1) is 5.92 Å². The molecular formula is C22H21FN2O6. The lowest BCUT2D eigenvalue weighted by Crippen LogP contribution is -2.26. The number of fused-ring (bicyclic) bond motifs is 1. The normalized spacial score (nSPS) is 16.2. The molecule has 1 N–H and O–H groups in total. The number of methoxy groups -OCH3 is 1. The van der Waals surface area contributed by atoms with Gasteiger partial charge in [-0.05, 0) is 55.5 Å². The van der Waals surface area contributed by atoms with E-state index in [-0.39, 0.29) is 23.9 Å². The molecule has 2 aromatic rings. The van der Waals surface area contributed by atoms with E-state index >= 15 is 0 Å². The molecule has 0 aliphatic heterocycles. The third-order valence-corrected chi connectivity index (χ3v) is 4.76. The molecule has 31 heavy (non-hydrogen) atoms. The summed E-state index contributed by atoms with van der Waals surface area (Å²) in [6.45, 7) is 1.68. The Balaban J connectivity index is 2.15. The van der Waals surface area contributed by atoms with Gasteiger partial charge in [0.2, 0.25) is 5.76 Å². The third-order valence-electron chi connectivity index (χ3n) is 4.76. The van der Waals surface area contributed by atoms with E-state index in [0.717, 1.165) is 23.4 Å². The molecule has 1 atom stereocenters. The number of nitrogens with zero attached hydrogens (tertiary/aromatic N) is 2. The van der Waals surface area contributed by atoms with Crippen LogP contribution in [0.15, 0.2) is 52.9 Å². The number of pyridine rings is 2. The van der Waals surface area contributed by atoms with Crippen LogP contribution in [0.1, 0.15) is 29.3 Å². The number of esters is 1. The van der Waals surface area contributed by atoms with Gasteiger partial charge >= 0.3 is 11.9 Å². The summed E-state index contributed by atoms with van der Waals surface area (Å²) in [6.07, 6.45) is 8.35. The maximum absolute atomic E-state index is 13.2. The summed E-state index contributed by atoms with van der Waals surface area (Å²) in [5, 5.41) is 9.29. The lowest BCUT2D eigenvalue weighted by Gasteiger charge is -2.15. The first-order chi connectivity index (χ1) is 14.8. The molecule has 2 heterocycles. The van der Waals surface area contributed by atoms with E-state index in [9.17, 15) is 23.9 Å². The molecule has 0 spiro atoms. The molecule has 1 aliphatic rings. The van der Waals surface area contributed by atoms with Gasteiger partial charge in [0, 0.05) is 6.20 Å². The molecule has 3 rings (SSSR count). The SMILES string of the molecule is CCOC(=O)c1cc2ncc(CC3C=CC(F)=CC3)cc2n(/C=C(\OC)C(=O)O)c1=O. The fraction of sp³-hybridized carbons (Fsp3) is 0.273. The predicted octanol–water partition coefficient (Wildman–Crippen LogP) is 3.07. The largest absolute Gasteiger partial charge is 0.489 e. The van der Waals surface area contributed by atoms with Gasteiger partial charge in [0.25, 0.3) is 5.56 Å². The fourth-order valence-corrected chi connectivity index (χ4v) is 3.25. The second-order valence-corrected chi connectivity index (χ2v) is 6.85. The Morgan fingerprint density at radius 3 is 2.77 bits per heavy atom. The maximum Gasteiger partial charge on any atom is 0.372 e. The third kappa shape index (κ3) is 4.88. The molecule has 0 saturated heterocycles. The molecule has 1 aliphatic carbocycles. The number of carboxylic acids is 1. The van der Waals surface area contributed by atoms with Crippen molar-refractivity contribution in [2.75, 3.05) is 13.7 Å². The van der Waals surface area contributed by atoms with Crippen LogP contribution < -0.4 is 5.56 Å². The molecule has 1 unspecified atom stereocenters. The first-order valence-corrected chi connectivity index (χ1v) is 9.58. The Kier molecular flexibility index (Phi) is 6.64. The van der Waals surface area contributed by atoms with Gasteiger partial charge in [0.15, 0.2) is 0 Å². The molecule has 0 amide bonds. The summed E-state index contributed by atoms with van der Waals surface area (Å²) in [5.74, 6) is -2.93. The topological polar surface area (TPSA) is 108 Å². The van der Waals surface area contributed by atoms with E-state index in [2.05, 4.69) is 4.98 Å². The summed E-state index contributed by atoms with van der Waals surface area (Å²) >= 11 is 0. The Morgan fingerprint density at radius 2 is 2.16 bits per heavy atom. The minimum atomic E-state index is -1.38. The Bertz CT molecular complexity index is 1180. The van der Waals surface area contributed by atoms with Gasteiger partial charge in [-0.25, -0.2) is 14.0 Å². The van der Waals surface area contributed by atoms with Crippen molar-refractivity contribution in [1.29, 1.82) is 0 Å². The number of halogens is 1. The van der Waals surface area contributed by atoms with Crippen molar-refractivity contribution in [1.82, 2.24) is 9.55 Å². The van der Waals surface area contributed by atoms with Crippen LogP contribution in [0.3, 0.4) is 0 Å². The Morgan fingerprint density at radius 1 is 1.39 bits per heavy atom. The van der Waals surface area contributed by atoms with Gasteiger partial charge in [0.1, 0.15) is 11.4 Å². The molecule has 2 aromatic heterocycles. The number of hydrogen-bond donors (Lipinski definition) is 1. The number of aliphatic carboxylic acids is 1. The molecule has 0 bridgehead atoms. The van der Waals surface area contributed by atoms with Crippen LogP contribution in [-0.4, -0.2) is 40.3 Å². The zero-order valence-electron chi connectivity index (χ0n) is 17.0. The van der Waals surface area contributed by atoms with E-state index in [1.165, 1.54) is 18.2 Å². The average molecular weight is 428 g/mol. The van der Waals surface area contributed by atoms with Gasteiger partial charge in [-0.3, -0.25) is 14.3 Å². The standard InChI is InChI=1S/C22H21FN2O6/c1-3-31-22(29)16-10-17-18(25(20(16)26)12-19(30-2)21(27)28)9-14(11-24-17)8-13-4-6-15(23)7-5-13/h4,6-7,9-13H,3,5,8H2,1-2H3,(H,27,28)/b19-12-. The lowest BCUT2D eigenvalue weighted by atomic mass is 9.93. The highest BCUT2D eigenvalue weighted by Gasteiger charge is 2.19. The van der Waals surface area contributed by atoms with E-state index < -0.39 is 23.3 Å². The van der Waals surface area contributed by atoms with E-state index in [1.807, 2.05) is 0 Å². The van der Waals surface area contributed by atoms with Crippen LogP contribution in [0.5, 0.6) is 0 Å². The van der Waals surface area contributed by atoms with Gasteiger partial charge in [-0.2, -0.15) is 0 Å². The molecular weight excluding hydrogens is 407 g/mol. The molecule has 8 nitrogen and oxygen atoms in total. The minimum Gasteiger partial charge on any atom is -0.489 e. The van der Waals surface area contributed by atoms with E-state index in [0.29, 0.717) is 23.9 Å². The second kappa shape index (κ2) is 9.38. The lowest BCUT2D eigenvalue weighted by molar-refractivity contribution is -0.135. The van der Waals surface area contributed by atoms with E-state index in [4.69, 9.17) is 9.47 Å². The number of ether oxygens (including phenoxy) is 2. The van der Waals surface area contributed by atoms with E-state index in [1.54, 1.807) is 25.3 Å². The van der Waals surface area contributed by atoms with Crippen molar-refractivity contribution < 1.29 is 28.6 Å². The van der Waals surface area contributed by atoms with Crippen molar-refractivity contribution in [3.8, 4) is 0 Å². The second-order valence-electron chi connectivity index (χ2n) is 6.85. The van der Waals surface area contributed by atoms with Crippen LogP contribution in [0.4, 0.5) is 4.39 Å². The van der Waals surface area contributed by atoms with Gasteiger partial charge < -0.3 is 14.6 Å². The number of aromatic nitrogens is 2. The van der Waals surface area contributed by atoms with Crippen molar-refractivity contribution in [3.05, 3.63) is 69.6 Å². The van der Waals surface area contributed by atoms with Gasteiger partial charge in [-0.1, -0.05) is 6.08 Å². The number of allylic oxidation sites excluding steroid dienone is 4. The van der Waals surface area contributed by atoms with Crippen molar-refractivity contribution in [2.24, 2.45) is 5.92 Å². The van der Waals surface area contributed by atoms with Crippen molar-refractivity contribution in [2.45, 2.75) is 19.8 Å². The van der Waals surface area contributed by atoms with Crippen molar-refractivity contribution >= 4 is 29.2 Å². The number of rotatable bonds is 7. The summed E-state index contributed by atoms with van der Waals surface area (Å²) in [6, 6.07) is 3.00. The van der Waals surface area contributed by atoms with Gasteiger partial charge in [-0.15, -0.1) is 0 Å². The Hall–Kier alpha value is -3.75. The maximum atomic E-state index is 13.2. The summed E-state index contributed by atoms with van der Waals surface area (Å²) in [5.41, 5.74) is 0.324. The van der Waals surface area contributed by atoms with Crippen LogP contribution in [-0.2, 0) is 20.7 Å². The zero-order chi connectivity index (χ0) is 22.5. The summed E-state index contributed by atoms with van der Waals surface area (Å²) < 4.78 is 24.0. The number of hydrogen-bond acceptors (Lipinski definition) is 6. The summed E-state index contributed by atoms with van der Waals surface area (Å²) in [7, 11) is 1.16. The highest BCUT2D eigenvalue weighted by molar-refractivity contribution is 5.94. The number of carboxylic acid groups (broad SMARTS) is 1. The minimum absolute atomic E-state index is 0.0572. The van der Waals surface area contributed by atoms with Crippen LogP contribution in [0.2, 0.25) is 0 Å². The summed E-state index contributed by atoms with van der Waals surface area (Å²) in [4.78, 5) is 41.0. The fourth-order valence-electron chi connectivity index (χ4n) is 3.25. The molecule has 162 valence electrons. The smallest absolute Gasteiger partial charge is 0.372 e. The first-order valence-electron chi connectivity index (χ1n) is 9.58. The highest BCUT2D eigenvalue weighted by atomic mass is 19.1. The van der Waals surface area contributed by atoms with Gasteiger partial charge in [0.05, 0.1) is 31.0 Å². The number of carbonyl (C=O) groups is 2. The number of carbonyl (C=O) groups excluding carboxylic acids is 1. The van der Waals surface area contributed by atoms with Crippen LogP contribution >= 0.6 is 0 Å². The monoisotopic (exact) mass is 428 g/mol. The van der Waals surface area contributed by atoms with Crippen molar-refractivity contribution in [3.63, 3.8) is 0 Å². The Labute approximate surface area is 176 Å². The molecule has 9 heteroatoms. The zero-order valence-corrected chi connectivity index (χ0v) is 17.0. The highest BCUT2D eigenvalue weighted by Crippen LogP contribution is 2.23. The molecule has 0 fully saturated rings. The predicted molar refractivity (Wildman–Crippen MR) is 111 cm³/mol. The first kappa shape index (κ1) is 21.9. The molecule has 0 saturated carbocycles. The quantitative estimate of drug-likeness (QED) is 0.410. The molecule has 0 aromatic carbocycles. The van der Waals surface area contributed by atoms with Crippen LogP contribution in [0.25, 0.3) is 17.2 Å².